The van der Waals surface area contributed by atoms with Crippen LogP contribution < -0.4 is 0 Å². The number of hydrogen-bond donors (Lipinski definition) is 2. The molecule has 2 N–H and O–H groups in total. The van der Waals surface area contributed by atoms with Crippen LogP contribution in [-0.2, 0) is 4.79 Å². The van der Waals surface area contributed by atoms with Gasteiger partial charge in [-0.05, 0) is 25.7 Å². The zero-order valence-corrected chi connectivity index (χ0v) is 13.5. The van der Waals surface area contributed by atoms with Crippen molar-refractivity contribution < 1.29 is 15.0 Å². The van der Waals surface area contributed by atoms with E-state index in [1.165, 1.54) is 12.8 Å². The smallest absolute Gasteiger partial charge is 0.303 e. The van der Waals surface area contributed by atoms with Crippen LogP contribution >= 0.6 is 0 Å². The van der Waals surface area contributed by atoms with Gasteiger partial charge in [-0.3, -0.25) is 4.79 Å². The summed E-state index contributed by atoms with van der Waals surface area (Å²) in [6.45, 7) is 2.16. The number of aliphatic carboxylic acids is 1. The van der Waals surface area contributed by atoms with Gasteiger partial charge in [-0.1, -0.05) is 69.8 Å². The van der Waals surface area contributed by atoms with E-state index in [-0.39, 0.29) is 6.10 Å². The molecule has 0 bridgehead atoms. The summed E-state index contributed by atoms with van der Waals surface area (Å²) in [6.07, 6.45) is 18.5. The summed E-state index contributed by atoms with van der Waals surface area (Å²) in [7, 11) is 0. The minimum absolute atomic E-state index is 0.297. The highest BCUT2D eigenvalue weighted by atomic mass is 16.4. The number of aliphatic hydroxyl groups excluding tert-OH is 1. The van der Waals surface area contributed by atoms with Gasteiger partial charge in [0.2, 0.25) is 0 Å². The van der Waals surface area contributed by atoms with Gasteiger partial charge >= 0.3 is 5.97 Å². The number of unbranched alkanes of at least 4 members (excludes halogenated alkanes) is 7. The van der Waals surface area contributed by atoms with E-state index in [2.05, 4.69) is 13.0 Å². The fourth-order valence-electron chi connectivity index (χ4n) is 2.14. The van der Waals surface area contributed by atoms with Crippen LogP contribution in [-0.4, -0.2) is 22.3 Å². The van der Waals surface area contributed by atoms with Crippen LogP contribution in [0.1, 0.15) is 77.6 Å². The number of carboxylic acid groups (broad SMARTS) is 1. The first-order valence-corrected chi connectivity index (χ1v) is 8.40. The van der Waals surface area contributed by atoms with E-state index in [0.717, 1.165) is 51.4 Å². The molecule has 0 radical (unpaired) electrons. The molecule has 21 heavy (non-hydrogen) atoms. The van der Waals surface area contributed by atoms with Crippen LogP contribution in [0.15, 0.2) is 24.3 Å². The minimum Gasteiger partial charge on any atom is -0.481 e. The first kappa shape index (κ1) is 19.9. The molecular weight excluding hydrogens is 264 g/mol. The van der Waals surface area contributed by atoms with Crippen molar-refractivity contribution in [3.05, 3.63) is 24.3 Å². The van der Waals surface area contributed by atoms with Crippen molar-refractivity contribution in [3.8, 4) is 0 Å². The summed E-state index contributed by atoms with van der Waals surface area (Å²) in [5, 5.41) is 18.2. The summed E-state index contributed by atoms with van der Waals surface area (Å²) >= 11 is 0. The molecule has 0 spiro atoms. The molecule has 0 rings (SSSR count). The van der Waals surface area contributed by atoms with Crippen molar-refractivity contribution >= 4 is 5.97 Å². The number of rotatable bonds is 14. The van der Waals surface area contributed by atoms with E-state index in [1.54, 1.807) is 0 Å². The van der Waals surface area contributed by atoms with Crippen molar-refractivity contribution in [1.82, 2.24) is 0 Å². The largest absolute Gasteiger partial charge is 0.481 e. The lowest BCUT2D eigenvalue weighted by Gasteiger charge is -2.03. The molecule has 3 heteroatoms. The van der Waals surface area contributed by atoms with Crippen LogP contribution in [0.5, 0.6) is 0 Å². The van der Waals surface area contributed by atoms with Crippen molar-refractivity contribution in [1.29, 1.82) is 0 Å². The predicted octanol–water partition coefficient (Wildman–Crippen LogP) is 4.86. The SMILES string of the molecule is CCCCCC(O)/C=C/C=CCCCCCCCC(=O)O. The summed E-state index contributed by atoms with van der Waals surface area (Å²) < 4.78 is 0. The molecule has 0 aliphatic rings. The molecule has 0 aliphatic carbocycles. The molecule has 0 aliphatic heterocycles. The fourth-order valence-corrected chi connectivity index (χ4v) is 2.14. The normalized spacial score (nSPS) is 13.2. The Morgan fingerprint density at radius 1 is 1.00 bits per heavy atom. The maximum absolute atomic E-state index is 10.3. The zero-order valence-electron chi connectivity index (χ0n) is 13.5. The Labute approximate surface area is 129 Å². The molecule has 0 fully saturated rings. The molecule has 0 aromatic heterocycles. The van der Waals surface area contributed by atoms with Gasteiger partial charge in [0.25, 0.3) is 0 Å². The van der Waals surface area contributed by atoms with Crippen LogP contribution in [0.3, 0.4) is 0 Å². The first-order valence-electron chi connectivity index (χ1n) is 8.40. The van der Waals surface area contributed by atoms with Gasteiger partial charge in [-0.15, -0.1) is 0 Å². The second-order valence-corrected chi connectivity index (χ2v) is 5.58. The topological polar surface area (TPSA) is 57.5 Å². The Morgan fingerprint density at radius 2 is 1.71 bits per heavy atom. The maximum atomic E-state index is 10.3. The van der Waals surface area contributed by atoms with Crippen LogP contribution in [0.25, 0.3) is 0 Å². The number of hydrogen-bond acceptors (Lipinski definition) is 2. The third kappa shape index (κ3) is 16.9. The monoisotopic (exact) mass is 296 g/mol. The summed E-state index contributed by atoms with van der Waals surface area (Å²) in [5.74, 6) is -0.693. The number of carboxylic acids is 1. The molecule has 0 saturated carbocycles. The Hall–Kier alpha value is -1.09. The summed E-state index contributed by atoms with van der Waals surface area (Å²) in [5.41, 5.74) is 0. The van der Waals surface area contributed by atoms with Gasteiger partial charge in [0.15, 0.2) is 0 Å². The third-order valence-corrected chi connectivity index (χ3v) is 3.45. The van der Waals surface area contributed by atoms with Gasteiger partial charge < -0.3 is 10.2 Å². The van der Waals surface area contributed by atoms with Crippen molar-refractivity contribution in [2.24, 2.45) is 0 Å². The molecule has 1 atom stereocenters. The molecule has 0 saturated heterocycles. The molecule has 0 aromatic rings. The average Bonchev–Trinajstić information content (AvgIpc) is 2.44. The predicted molar refractivity (Wildman–Crippen MR) is 88.4 cm³/mol. The highest BCUT2D eigenvalue weighted by molar-refractivity contribution is 5.66. The lowest BCUT2D eigenvalue weighted by Crippen LogP contribution is -2.00. The second kappa shape index (κ2) is 15.3. The Morgan fingerprint density at radius 3 is 2.43 bits per heavy atom. The fraction of sp³-hybridized carbons (Fsp3) is 0.722. The average molecular weight is 296 g/mol. The highest BCUT2D eigenvalue weighted by Gasteiger charge is 1.97. The standard InChI is InChI=1S/C18H32O3/c1-2-3-11-14-17(19)15-12-9-7-5-4-6-8-10-13-16-18(20)21/h7,9,12,15,17,19H,2-6,8,10-11,13-14,16H2,1H3,(H,20,21)/b9-7?,15-12+. The van der Waals surface area contributed by atoms with E-state index in [9.17, 15) is 9.90 Å². The minimum atomic E-state index is -0.693. The van der Waals surface area contributed by atoms with Crippen LogP contribution in [0, 0.1) is 0 Å². The van der Waals surface area contributed by atoms with E-state index in [1.807, 2.05) is 18.2 Å². The van der Waals surface area contributed by atoms with Gasteiger partial charge in [0.1, 0.15) is 0 Å². The molecule has 3 nitrogen and oxygen atoms in total. The molecular formula is C18H32O3. The van der Waals surface area contributed by atoms with Gasteiger partial charge in [0.05, 0.1) is 6.10 Å². The first-order chi connectivity index (χ1) is 10.2. The Balaban J connectivity index is 3.37. The second-order valence-electron chi connectivity index (χ2n) is 5.58. The number of carbonyl (C=O) groups is 1. The van der Waals surface area contributed by atoms with Crippen molar-refractivity contribution in [2.75, 3.05) is 0 Å². The third-order valence-electron chi connectivity index (χ3n) is 3.45. The quantitative estimate of drug-likeness (QED) is 0.355. The summed E-state index contributed by atoms with van der Waals surface area (Å²) in [4.78, 5) is 10.3. The van der Waals surface area contributed by atoms with Crippen molar-refractivity contribution in [3.63, 3.8) is 0 Å². The summed E-state index contributed by atoms with van der Waals surface area (Å²) in [6, 6.07) is 0. The van der Waals surface area contributed by atoms with Gasteiger partial charge in [-0.2, -0.15) is 0 Å². The molecule has 122 valence electrons. The van der Waals surface area contributed by atoms with Crippen molar-refractivity contribution in [2.45, 2.75) is 83.7 Å². The van der Waals surface area contributed by atoms with E-state index >= 15 is 0 Å². The molecule has 0 aromatic carbocycles. The highest BCUT2D eigenvalue weighted by Crippen LogP contribution is 2.08. The van der Waals surface area contributed by atoms with E-state index < -0.39 is 5.97 Å². The van der Waals surface area contributed by atoms with Gasteiger partial charge in [0, 0.05) is 6.42 Å². The van der Waals surface area contributed by atoms with Gasteiger partial charge in [-0.25, -0.2) is 0 Å². The number of allylic oxidation sites excluding steroid dienone is 3. The molecule has 0 heterocycles. The van der Waals surface area contributed by atoms with Crippen LogP contribution in [0.2, 0.25) is 0 Å². The lowest BCUT2D eigenvalue weighted by molar-refractivity contribution is -0.137. The Kier molecular flexibility index (Phi) is 14.5. The van der Waals surface area contributed by atoms with Crippen LogP contribution in [0.4, 0.5) is 0 Å². The van der Waals surface area contributed by atoms with E-state index in [0.29, 0.717) is 6.42 Å². The zero-order chi connectivity index (χ0) is 15.8. The lowest BCUT2D eigenvalue weighted by atomic mass is 10.1. The molecule has 0 amide bonds. The maximum Gasteiger partial charge on any atom is 0.303 e. The molecule has 1 unspecified atom stereocenters. The number of aliphatic hydroxyl groups is 1. The Bertz CT molecular complexity index is 295. The van der Waals surface area contributed by atoms with E-state index in [4.69, 9.17) is 5.11 Å².